The standard InChI is InChI=1S/C20H24N4O2S/c1-4-25-18-16-15(21-11-22-18)14-12-9-20(2,3)26-10-13(12)17(23-19(14)27-16)24-7-5-6-8-24/h11H,4-10H2,1-3H3. The van der Waals surface area contributed by atoms with Gasteiger partial charge in [-0.1, -0.05) is 0 Å². The molecule has 1 saturated heterocycles. The number of ether oxygens (including phenoxy) is 2. The summed E-state index contributed by atoms with van der Waals surface area (Å²) >= 11 is 1.65. The maximum atomic E-state index is 6.17. The second-order valence-corrected chi connectivity index (χ2v) is 8.88. The fourth-order valence-corrected chi connectivity index (χ4v) is 5.30. The first-order chi connectivity index (χ1) is 13.1. The predicted octanol–water partition coefficient (Wildman–Crippen LogP) is 4.09. The number of fused-ring (bicyclic) bond motifs is 5. The van der Waals surface area contributed by atoms with Crippen LogP contribution in [-0.2, 0) is 17.8 Å². The zero-order chi connectivity index (χ0) is 18.6. The van der Waals surface area contributed by atoms with E-state index < -0.39 is 0 Å². The topological polar surface area (TPSA) is 60.4 Å². The van der Waals surface area contributed by atoms with E-state index in [-0.39, 0.29) is 5.60 Å². The molecule has 27 heavy (non-hydrogen) atoms. The molecule has 0 amide bonds. The second kappa shape index (κ2) is 6.27. The van der Waals surface area contributed by atoms with Crippen molar-refractivity contribution in [3.8, 4) is 5.88 Å². The fourth-order valence-electron chi connectivity index (χ4n) is 4.20. The van der Waals surface area contributed by atoms with Gasteiger partial charge < -0.3 is 14.4 Å². The number of hydrogen-bond donors (Lipinski definition) is 0. The Morgan fingerprint density at radius 2 is 2.04 bits per heavy atom. The molecule has 0 aliphatic carbocycles. The van der Waals surface area contributed by atoms with Crippen LogP contribution in [-0.4, -0.2) is 40.2 Å². The van der Waals surface area contributed by atoms with Crippen molar-refractivity contribution >= 4 is 37.6 Å². The Bertz CT molecular complexity index is 1020. The van der Waals surface area contributed by atoms with Gasteiger partial charge in [-0.2, -0.15) is 0 Å². The third-order valence-electron chi connectivity index (χ3n) is 5.46. The van der Waals surface area contributed by atoms with E-state index in [2.05, 4.69) is 28.7 Å². The number of rotatable bonds is 3. The van der Waals surface area contributed by atoms with Crippen molar-refractivity contribution in [2.45, 2.75) is 52.2 Å². The van der Waals surface area contributed by atoms with Crippen LogP contribution in [0.5, 0.6) is 5.88 Å². The quantitative estimate of drug-likeness (QED) is 0.678. The first kappa shape index (κ1) is 17.1. The lowest BCUT2D eigenvalue weighted by molar-refractivity contribution is -0.0395. The summed E-state index contributed by atoms with van der Waals surface area (Å²) in [5.41, 5.74) is 3.35. The van der Waals surface area contributed by atoms with Crippen molar-refractivity contribution < 1.29 is 9.47 Å². The molecule has 5 rings (SSSR count). The fraction of sp³-hybridized carbons (Fsp3) is 0.550. The zero-order valence-electron chi connectivity index (χ0n) is 16.0. The molecule has 0 radical (unpaired) electrons. The van der Waals surface area contributed by atoms with E-state index in [9.17, 15) is 0 Å². The average molecular weight is 385 g/mol. The Labute approximate surface area is 162 Å². The van der Waals surface area contributed by atoms with Gasteiger partial charge in [0.2, 0.25) is 5.88 Å². The molecule has 0 saturated carbocycles. The normalized spacial score (nSPS) is 19.0. The summed E-state index contributed by atoms with van der Waals surface area (Å²) in [7, 11) is 0. The van der Waals surface area contributed by atoms with Gasteiger partial charge in [-0.05, 0) is 39.2 Å². The maximum Gasteiger partial charge on any atom is 0.234 e. The molecular formula is C20H24N4O2S. The smallest absolute Gasteiger partial charge is 0.234 e. The molecule has 2 aliphatic rings. The van der Waals surface area contributed by atoms with Crippen molar-refractivity contribution in [1.29, 1.82) is 0 Å². The molecular weight excluding hydrogens is 360 g/mol. The Hall–Kier alpha value is -1.99. The van der Waals surface area contributed by atoms with Crippen LogP contribution in [0, 0.1) is 0 Å². The molecule has 0 N–H and O–H groups in total. The lowest BCUT2D eigenvalue weighted by Gasteiger charge is -2.34. The lowest BCUT2D eigenvalue weighted by atomic mass is 9.90. The van der Waals surface area contributed by atoms with Crippen LogP contribution in [0.2, 0.25) is 0 Å². The van der Waals surface area contributed by atoms with E-state index in [1.165, 1.54) is 24.0 Å². The van der Waals surface area contributed by atoms with Gasteiger partial charge >= 0.3 is 0 Å². The number of hydrogen-bond acceptors (Lipinski definition) is 7. The minimum atomic E-state index is -0.187. The highest BCUT2D eigenvalue weighted by Gasteiger charge is 2.33. The van der Waals surface area contributed by atoms with Gasteiger partial charge in [0.15, 0.2) is 0 Å². The molecule has 0 unspecified atom stereocenters. The monoisotopic (exact) mass is 384 g/mol. The summed E-state index contributed by atoms with van der Waals surface area (Å²) in [6.45, 7) is 9.64. The van der Waals surface area contributed by atoms with Gasteiger partial charge in [0.1, 0.15) is 21.7 Å². The molecule has 5 heterocycles. The Morgan fingerprint density at radius 3 is 2.81 bits per heavy atom. The molecule has 0 spiro atoms. The van der Waals surface area contributed by atoms with Crippen molar-refractivity contribution in [1.82, 2.24) is 15.0 Å². The number of anilines is 1. The van der Waals surface area contributed by atoms with E-state index >= 15 is 0 Å². The molecule has 3 aromatic heterocycles. The van der Waals surface area contributed by atoms with Crippen LogP contribution in [0.3, 0.4) is 0 Å². The summed E-state index contributed by atoms with van der Waals surface area (Å²) in [5, 5.41) is 1.16. The molecule has 6 nitrogen and oxygen atoms in total. The van der Waals surface area contributed by atoms with E-state index in [1.54, 1.807) is 17.7 Å². The van der Waals surface area contributed by atoms with Gasteiger partial charge in [0.05, 0.1) is 24.3 Å². The minimum Gasteiger partial charge on any atom is -0.477 e. The van der Waals surface area contributed by atoms with Gasteiger partial charge in [0, 0.05) is 30.5 Å². The molecule has 2 aliphatic heterocycles. The van der Waals surface area contributed by atoms with Crippen molar-refractivity contribution in [3.05, 3.63) is 17.5 Å². The second-order valence-electron chi connectivity index (χ2n) is 7.88. The molecule has 142 valence electrons. The van der Waals surface area contributed by atoms with Gasteiger partial charge in [-0.25, -0.2) is 15.0 Å². The molecule has 0 aromatic carbocycles. The average Bonchev–Trinajstić information content (AvgIpc) is 3.28. The lowest BCUT2D eigenvalue weighted by Crippen LogP contribution is -2.33. The van der Waals surface area contributed by atoms with Crippen LogP contribution in [0.4, 0.5) is 5.82 Å². The Balaban J connectivity index is 1.82. The number of nitrogens with zero attached hydrogens (tertiary/aromatic N) is 4. The van der Waals surface area contributed by atoms with Crippen LogP contribution in [0.15, 0.2) is 6.33 Å². The van der Waals surface area contributed by atoms with Gasteiger partial charge in [-0.3, -0.25) is 0 Å². The third-order valence-corrected chi connectivity index (χ3v) is 6.52. The Kier molecular flexibility index (Phi) is 3.98. The van der Waals surface area contributed by atoms with Crippen LogP contribution in [0.25, 0.3) is 20.4 Å². The van der Waals surface area contributed by atoms with E-state index in [1.807, 2.05) is 6.92 Å². The molecule has 0 atom stereocenters. The van der Waals surface area contributed by atoms with Crippen molar-refractivity contribution in [3.63, 3.8) is 0 Å². The molecule has 1 fully saturated rings. The van der Waals surface area contributed by atoms with Crippen LogP contribution >= 0.6 is 11.3 Å². The highest BCUT2D eigenvalue weighted by atomic mass is 32.1. The van der Waals surface area contributed by atoms with E-state index in [4.69, 9.17) is 14.5 Å². The van der Waals surface area contributed by atoms with Crippen LogP contribution in [0.1, 0.15) is 44.7 Å². The SMILES string of the molecule is CCOc1ncnc2c1sc1nc(N3CCCC3)c3c(c12)CC(C)(C)OC3. The van der Waals surface area contributed by atoms with E-state index in [0.29, 0.717) is 19.1 Å². The van der Waals surface area contributed by atoms with Crippen LogP contribution < -0.4 is 9.64 Å². The first-order valence-electron chi connectivity index (χ1n) is 9.68. The molecule has 7 heteroatoms. The van der Waals surface area contributed by atoms with Gasteiger partial charge in [-0.15, -0.1) is 11.3 Å². The Morgan fingerprint density at radius 1 is 1.22 bits per heavy atom. The largest absolute Gasteiger partial charge is 0.477 e. The van der Waals surface area contributed by atoms with Gasteiger partial charge in [0.25, 0.3) is 0 Å². The summed E-state index contributed by atoms with van der Waals surface area (Å²) in [5.74, 6) is 1.76. The molecule has 0 bridgehead atoms. The highest BCUT2D eigenvalue weighted by molar-refractivity contribution is 7.25. The number of thiophene rings is 1. The maximum absolute atomic E-state index is 6.17. The predicted molar refractivity (Wildman–Crippen MR) is 108 cm³/mol. The summed E-state index contributed by atoms with van der Waals surface area (Å²) in [4.78, 5) is 17.5. The zero-order valence-corrected chi connectivity index (χ0v) is 16.9. The third kappa shape index (κ3) is 2.75. The summed E-state index contributed by atoms with van der Waals surface area (Å²) in [6.07, 6.45) is 4.92. The number of pyridine rings is 1. The molecule has 3 aromatic rings. The van der Waals surface area contributed by atoms with Crippen molar-refractivity contribution in [2.75, 3.05) is 24.6 Å². The minimum absolute atomic E-state index is 0.187. The first-order valence-corrected chi connectivity index (χ1v) is 10.5. The summed E-state index contributed by atoms with van der Waals surface area (Å²) < 4.78 is 12.9. The summed E-state index contributed by atoms with van der Waals surface area (Å²) in [6, 6.07) is 0. The van der Waals surface area contributed by atoms with E-state index in [0.717, 1.165) is 45.8 Å². The highest BCUT2D eigenvalue weighted by Crippen LogP contribution is 2.44. The van der Waals surface area contributed by atoms with Crippen molar-refractivity contribution in [2.24, 2.45) is 0 Å². The number of aromatic nitrogens is 3.